The van der Waals surface area contributed by atoms with Gasteiger partial charge in [-0.1, -0.05) is 25.7 Å². The molecule has 1 N–H and O–H groups in total. The van der Waals surface area contributed by atoms with Gasteiger partial charge in [-0.25, -0.2) is 0 Å². The standard InChI is InChI=1S/C17H30N2/c1-4-19-14(2)12-17(15(19)3)13-18-11-7-10-16-8-5-6-9-16/h12,16,18H,4-11,13H2,1-3H3. The zero-order valence-corrected chi connectivity index (χ0v) is 13.0. The van der Waals surface area contributed by atoms with Crippen LogP contribution in [-0.4, -0.2) is 11.1 Å². The fourth-order valence-electron chi connectivity index (χ4n) is 3.58. The molecule has 0 radical (unpaired) electrons. The lowest BCUT2D eigenvalue weighted by atomic mass is 10.0. The molecule has 1 heterocycles. The van der Waals surface area contributed by atoms with E-state index in [1.807, 2.05) is 0 Å². The third kappa shape index (κ3) is 3.85. The van der Waals surface area contributed by atoms with Crippen molar-refractivity contribution < 1.29 is 0 Å². The van der Waals surface area contributed by atoms with Gasteiger partial charge in [0, 0.05) is 24.5 Å². The second-order valence-electron chi connectivity index (χ2n) is 6.11. The number of hydrogen-bond donors (Lipinski definition) is 1. The van der Waals surface area contributed by atoms with Gasteiger partial charge in [-0.2, -0.15) is 0 Å². The van der Waals surface area contributed by atoms with Crippen molar-refractivity contribution >= 4 is 0 Å². The first-order valence-corrected chi connectivity index (χ1v) is 8.08. The van der Waals surface area contributed by atoms with Gasteiger partial charge in [0.1, 0.15) is 0 Å². The Balaban J connectivity index is 1.67. The van der Waals surface area contributed by atoms with Gasteiger partial charge in [-0.3, -0.25) is 0 Å². The lowest BCUT2D eigenvalue weighted by Crippen LogP contribution is -2.16. The normalized spacial score (nSPS) is 16.4. The molecule has 1 aliphatic rings. The maximum absolute atomic E-state index is 3.62. The molecule has 0 atom stereocenters. The van der Waals surface area contributed by atoms with Crippen molar-refractivity contribution in [2.75, 3.05) is 6.54 Å². The van der Waals surface area contributed by atoms with E-state index < -0.39 is 0 Å². The van der Waals surface area contributed by atoms with Crippen LogP contribution in [0.25, 0.3) is 0 Å². The highest BCUT2D eigenvalue weighted by Gasteiger charge is 2.14. The average Bonchev–Trinajstić information content (AvgIpc) is 2.98. The summed E-state index contributed by atoms with van der Waals surface area (Å²) in [5.74, 6) is 1.03. The predicted molar refractivity (Wildman–Crippen MR) is 82.5 cm³/mol. The molecule has 0 amide bonds. The van der Waals surface area contributed by atoms with Crippen LogP contribution in [0.5, 0.6) is 0 Å². The van der Waals surface area contributed by atoms with E-state index in [2.05, 4.69) is 36.7 Å². The van der Waals surface area contributed by atoms with Gasteiger partial charge in [0.25, 0.3) is 0 Å². The van der Waals surface area contributed by atoms with Gasteiger partial charge in [0.05, 0.1) is 0 Å². The number of aryl methyl sites for hydroxylation is 1. The zero-order valence-electron chi connectivity index (χ0n) is 13.0. The summed E-state index contributed by atoms with van der Waals surface area (Å²) in [4.78, 5) is 0. The SMILES string of the molecule is CCn1c(C)cc(CNCCCC2CCCC2)c1C. The third-order valence-electron chi connectivity index (χ3n) is 4.75. The number of nitrogens with one attached hydrogen (secondary N) is 1. The number of aromatic nitrogens is 1. The molecule has 0 aromatic carbocycles. The third-order valence-corrected chi connectivity index (χ3v) is 4.75. The van der Waals surface area contributed by atoms with E-state index in [0.717, 1.165) is 19.0 Å². The predicted octanol–water partition coefficient (Wildman–Crippen LogP) is 4.18. The molecule has 2 nitrogen and oxygen atoms in total. The van der Waals surface area contributed by atoms with Crippen molar-refractivity contribution in [2.24, 2.45) is 5.92 Å². The van der Waals surface area contributed by atoms with Crippen LogP contribution in [0.4, 0.5) is 0 Å². The van der Waals surface area contributed by atoms with Gasteiger partial charge >= 0.3 is 0 Å². The van der Waals surface area contributed by atoms with Gasteiger partial charge in [0.15, 0.2) is 0 Å². The van der Waals surface area contributed by atoms with E-state index in [-0.39, 0.29) is 0 Å². The molecule has 108 valence electrons. The molecular formula is C17H30N2. The maximum Gasteiger partial charge on any atom is 0.0223 e. The van der Waals surface area contributed by atoms with E-state index >= 15 is 0 Å². The highest BCUT2D eigenvalue weighted by Crippen LogP contribution is 2.28. The van der Waals surface area contributed by atoms with E-state index in [9.17, 15) is 0 Å². The maximum atomic E-state index is 3.62. The van der Waals surface area contributed by atoms with Crippen molar-refractivity contribution in [1.82, 2.24) is 9.88 Å². The van der Waals surface area contributed by atoms with Gasteiger partial charge < -0.3 is 9.88 Å². The average molecular weight is 262 g/mol. The minimum atomic E-state index is 1.03. The largest absolute Gasteiger partial charge is 0.349 e. The summed E-state index contributed by atoms with van der Waals surface area (Å²) < 4.78 is 2.40. The lowest BCUT2D eigenvalue weighted by molar-refractivity contribution is 0.470. The molecule has 1 saturated carbocycles. The van der Waals surface area contributed by atoms with Crippen LogP contribution in [0.3, 0.4) is 0 Å². The molecule has 0 aliphatic heterocycles. The van der Waals surface area contributed by atoms with Gasteiger partial charge in [-0.15, -0.1) is 0 Å². The van der Waals surface area contributed by atoms with Crippen LogP contribution in [0.1, 0.15) is 62.4 Å². The van der Waals surface area contributed by atoms with Crippen molar-refractivity contribution in [3.05, 3.63) is 23.0 Å². The second kappa shape index (κ2) is 7.14. The van der Waals surface area contributed by atoms with Crippen LogP contribution in [0.2, 0.25) is 0 Å². The van der Waals surface area contributed by atoms with Crippen molar-refractivity contribution in [3.8, 4) is 0 Å². The Morgan fingerprint density at radius 1 is 1.26 bits per heavy atom. The summed E-state index contributed by atoms with van der Waals surface area (Å²) >= 11 is 0. The van der Waals surface area contributed by atoms with Crippen LogP contribution in [0, 0.1) is 19.8 Å². The minimum Gasteiger partial charge on any atom is -0.349 e. The fraction of sp³-hybridized carbons (Fsp3) is 0.765. The van der Waals surface area contributed by atoms with E-state index in [1.165, 1.54) is 62.0 Å². The molecule has 2 rings (SSSR count). The zero-order chi connectivity index (χ0) is 13.7. The van der Waals surface area contributed by atoms with Crippen molar-refractivity contribution in [3.63, 3.8) is 0 Å². The Morgan fingerprint density at radius 2 is 2.00 bits per heavy atom. The molecule has 19 heavy (non-hydrogen) atoms. The number of rotatable bonds is 7. The Bertz CT molecular complexity index is 386. The van der Waals surface area contributed by atoms with Gasteiger partial charge in [-0.05, 0) is 57.7 Å². The van der Waals surface area contributed by atoms with E-state index in [4.69, 9.17) is 0 Å². The molecule has 1 aliphatic carbocycles. The molecule has 1 aromatic heterocycles. The van der Waals surface area contributed by atoms with E-state index in [1.54, 1.807) is 0 Å². The first kappa shape index (κ1) is 14.6. The highest BCUT2D eigenvalue weighted by molar-refractivity contribution is 5.26. The number of nitrogens with zero attached hydrogens (tertiary/aromatic N) is 1. The summed E-state index contributed by atoms with van der Waals surface area (Å²) in [6.45, 7) is 9.96. The highest BCUT2D eigenvalue weighted by atomic mass is 15.0. The second-order valence-corrected chi connectivity index (χ2v) is 6.11. The van der Waals surface area contributed by atoms with Crippen LogP contribution >= 0.6 is 0 Å². The molecule has 0 bridgehead atoms. The Morgan fingerprint density at radius 3 is 2.63 bits per heavy atom. The first-order valence-electron chi connectivity index (χ1n) is 8.08. The molecule has 2 heteroatoms. The molecule has 0 saturated heterocycles. The van der Waals surface area contributed by atoms with Crippen molar-refractivity contribution in [1.29, 1.82) is 0 Å². The number of hydrogen-bond acceptors (Lipinski definition) is 1. The summed E-state index contributed by atoms with van der Waals surface area (Å²) in [5.41, 5.74) is 4.30. The van der Waals surface area contributed by atoms with Gasteiger partial charge in [0.2, 0.25) is 0 Å². The summed E-state index contributed by atoms with van der Waals surface area (Å²) in [7, 11) is 0. The molecule has 1 fully saturated rings. The van der Waals surface area contributed by atoms with Crippen LogP contribution in [0.15, 0.2) is 6.07 Å². The summed E-state index contributed by atoms with van der Waals surface area (Å²) in [6, 6.07) is 2.34. The van der Waals surface area contributed by atoms with Crippen molar-refractivity contribution in [2.45, 2.75) is 72.4 Å². The Hall–Kier alpha value is -0.760. The lowest BCUT2D eigenvalue weighted by Gasteiger charge is -2.10. The smallest absolute Gasteiger partial charge is 0.0223 e. The Labute approximate surface area is 118 Å². The topological polar surface area (TPSA) is 17.0 Å². The summed E-state index contributed by atoms with van der Waals surface area (Å²) in [6.07, 6.45) is 8.69. The van der Waals surface area contributed by atoms with E-state index in [0.29, 0.717) is 0 Å². The monoisotopic (exact) mass is 262 g/mol. The van der Waals surface area contributed by atoms with Crippen LogP contribution in [-0.2, 0) is 13.1 Å². The fourth-order valence-corrected chi connectivity index (χ4v) is 3.58. The first-order chi connectivity index (χ1) is 9.22. The Kier molecular flexibility index (Phi) is 5.50. The molecular weight excluding hydrogens is 232 g/mol. The minimum absolute atomic E-state index is 1.03. The molecule has 0 unspecified atom stereocenters. The van der Waals surface area contributed by atoms with Crippen LogP contribution < -0.4 is 5.32 Å². The summed E-state index contributed by atoms with van der Waals surface area (Å²) in [5, 5.41) is 3.62. The molecule has 0 spiro atoms. The quantitative estimate of drug-likeness (QED) is 0.729. The molecule has 1 aromatic rings.